The quantitative estimate of drug-likeness (QED) is 0.647. The summed E-state index contributed by atoms with van der Waals surface area (Å²) in [6.45, 7) is 0. The number of halogens is 1. The van der Waals surface area contributed by atoms with Crippen molar-refractivity contribution < 1.29 is 14.3 Å². The molecule has 4 nitrogen and oxygen atoms in total. The monoisotopic (exact) mass is 252 g/mol. The molecule has 0 spiro atoms. The van der Waals surface area contributed by atoms with Crippen LogP contribution in [0, 0.1) is 5.82 Å². The van der Waals surface area contributed by atoms with Crippen molar-refractivity contribution in [3.8, 4) is 5.75 Å². The highest BCUT2D eigenvalue weighted by molar-refractivity contribution is 7.99. The number of nitrogens with one attached hydrogen (secondary N) is 1. The molecule has 0 fully saturated rings. The number of nitrogens with zero attached hydrogens (tertiary/aromatic N) is 1. The number of aromatic amines is 1. The largest absolute Gasteiger partial charge is 0.507 e. The highest BCUT2D eigenvalue weighted by Gasteiger charge is 2.13. The molecule has 2 rings (SSSR count). The lowest BCUT2D eigenvalue weighted by Crippen LogP contribution is -2.03. The smallest absolute Gasteiger partial charge is 0.177 e. The molecule has 17 heavy (non-hydrogen) atoms. The summed E-state index contributed by atoms with van der Waals surface area (Å²) in [6.07, 6.45) is 3.22. The van der Waals surface area contributed by atoms with Gasteiger partial charge in [0.05, 0.1) is 11.3 Å². The van der Waals surface area contributed by atoms with Crippen LogP contribution in [0.25, 0.3) is 0 Å². The lowest BCUT2D eigenvalue weighted by molar-refractivity contribution is 0.101. The third-order valence-corrected chi connectivity index (χ3v) is 2.98. The molecule has 0 aliphatic rings. The summed E-state index contributed by atoms with van der Waals surface area (Å²) in [7, 11) is 0. The molecule has 0 amide bonds. The van der Waals surface area contributed by atoms with Gasteiger partial charge in [0, 0.05) is 12.4 Å². The number of H-pyrrole nitrogens is 1. The van der Waals surface area contributed by atoms with Crippen LogP contribution in [0.2, 0.25) is 0 Å². The molecule has 0 bridgehead atoms. The number of hydrogen-bond acceptors (Lipinski definition) is 4. The van der Waals surface area contributed by atoms with Gasteiger partial charge in [0.15, 0.2) is 10.9 Å². The molecular weight excluding hydrogens is 243 g/mol. The minimum Gasteiger partial charge on any atom is -0.507 e. The van der Waals surface area contributed by atoms with Crippen LogP contribution in [0.1, 0.15) is 10.4 Å². The normalized spacial score (nSPS) is 10.4. The van der Waals surface area contributed by atoms with E-state index in [0.29, 0.717) is 5.16 Å². The molecule has 0 aliphatic carbocycles. The van der Waals surface area contributed by atoms with E-state index in [4.69, 9.17) is 0 Å². The fourth-order valence-electron chi connectivity index (χ4n) is 1.27. The van der Waals surface area contributed by atoms with Crippen LogP contribution in [-0.4, -0.2) is 26.6 Å². The van der Waals surface area contributed by atoms with Gasteiger partial charge >= 0.3 is 0 Å². The zero-order valence-corrected chi connectivity index (χ0v) is 9.50. The Bertz CT molecular complexity index is 528. The number of phenols is 1. The fraction of sp³-hybridized carbons (Fsp3) is 0.0909. The summed E-state index contributed by atoms with van der Waals surface area (Å²) in [5, 5.41) is 10.0. The molecule has 0 saturated carbocycles. The van der Waals surface area contributed by atoms with Crippen molar-refractivity contribution in [3.05, 3.63) is 42.0 Å². The Morgan fingerprint density at radius 1 is 1.53 bits per heavy atom. The van der Waals surface area contributed by atoms with Crippen molar-refractivity contribution in [2.24, 2.45) is 0 Å². The van der Waals surface area contributed by atoms with Crippen LogP contribution in [0.4, 0.5) is 4.39 Å². The van der Waals surface area contributed by atoms with Crippen LogP contribution in [0.5, 0.6) is 5.75 Å². The molecular formula is C11H9FN2O2S. The lowest BCUT2D eigenvalue weighted by atomic mass is 10.1. The van der Waals surface area contributed by atoms with Gasteiger partial charge in [0.1, 0.15) is 11.6 Å². The maximum Gasteiger partial charge on any atom is 0.177 e. The summed E-state index contributed by atoms with van der Waals surface area (Å²) in [6, 6.07) is 3.30. The van der Waals surface area contributed by atoms with Gasteiger partial charge in [-0.05, 0) is 18.2 Å². The van der Waals surface area contributed by atoms with Crippen molar-refractivity contribution in [1.29, 1.82) is 0 Å². The molecule has 1 aromatic carbocycles. The summed E-state index contributed by atoms with van der Waals surface area (Å²) in [5.74, 6) is -1.01. The minimum atomic E-state index is -0.547. The number of thioether (sulfide) groups is 1. The average Bonchev–Trinajstić information content (AvgIpc) is 2.82. The van der Waals surface area contributed by atoms with E-state index in [1.165, 1.54) is 17.8 Å². The fourth-order valence-corrected chi connectivity index (χ4v) is 1.98. The van der Waals surface area contributed by atoms with Crippen molar-refractivity contribution in [1.82, 2.24) is 9.97 Å². The third kappa shape index (κ3) is 2.85. The van der Waals surface area contributed by atoms with Crippen LogP contribution in [0.3, 0.4) is 0 Å². The Balaban J connectivity index is 2.07. The number of aromatic nitrogens is 2. The van der Waals surface area contributed by atoms with Crippen molar-refractivity contribution >= 4 is 17.5 Å². The highest BCUT2D eigenvalue weighted by atomic mass is 32.2. The number of Topliss-reactive ketones (excluding diaryl/α,β-unsaturated/α-hetero) is 1. The zero-order chi connectivity index (χ0) is 12.3. The van der Waals surface area contributed by atoms with E-state index in [9.17, 15) is 14.3 Å². The number of hydrogen-bond donors (Lipinski definition) is 2. The molecule has 2 aromatic rings. The van der Waals surface area contributed by atoms with Gasteiger partial charge in [-0.15, -0.1) is 0 Å². The van der Waals surface area contributed by atoms with E-state index in [-0.39, 0.29) is 22.8 Å². The van der Waals surface area contributed by atoms with E-state index in [1.54, 1.807) is 12.4 Å². The molecule has 1 aromatic heterocycles. The lowest BCUT2D eigenvalue weighted by Gasteiger charge is -2.02. The second kappa shape index (κ2) is 5.01. The van der Waals surface area contributed by atoms with Gasteiger partial charge in [-0.3, -0.25) is 4.79 Å². The molecule has 1 heterocycles. The van der Waals surface area contributed by atoms with E-state index in [0.717, 1.165) is 12.1 Å². The van der Waals surface area contributed by atoms with Crippen molar-refractivity contribution in [2.75, 3.05) is 5.75 Å². The number of benzene rings is 1. The molecule has 0 unspecified atom stereocenters. The maximum absolute atomic E-state index is 12.9. The first-order valence-corrected chi connectivity index (χ1v) is 5.79. The first kappa shape index (κ1) is 11.7. The zero-order valence-electron chi connectivity index (χ0n) is 8.68. The van der Waals surface area contributed by atoms with Gasteiger partial charge in [-0.2, -0.15) is 0 Å². The number of carbonyl (C=O) groups is 1. The number of phenolic OH excluding ortho intramolecular Hbond substituents is 1. The highest BCUT2D eigenvalue weighted by Crippen LogP contribution is 2.21. The molecule has 2 N–H and O–H groups in total. The van der Waals surface area contributed by atoms with Crippen LogP contribution in [0.15, 0.2) is 35.7 Å². The third-order valence-electron chi connectivity index (χ3n) is 2.07. The van der Waals surface area contributed by atoms with Crippen LogP contribution in [-0.2, 0) is 0 Å². The predicted octanol–water partition coefficient (Wildman–Crippen LogP) is 2.23. The number of imidazole rings is 1. The number of carbonyl (C=O) groups excluding carboxylic acids is 1. The summed E-state index contributed by atoms with van der Waals surface area (Å²) >= 11 is 1.19. The number of rotatable bonds is 4. The minimum absolute atomic E-state index is 0.0101. The van der Waals surface area contributed by atoms with E-state index in [2.05, 4.69) is 9.97 Å². The molecule has 0 radical (unpaired) electrons. The SMILES string of the molecule is O=C(CSc1ncc[nH]1)c1cc(F)ccc1O. The summed E-state index contributed by atoms with van der Waals surface area (Å²) in [5.41, 5.74) is -0.0101. The van der Waals surface area contributed by atoms with Gasteiger partial charge < -0.3 is 10.1 Å². The Morgan fingerprint density at radius 2 is 2.35 bits per heavy atom. The van der Waals surface area contributed by atoms with E-state index < -0.39 is 5.82 Å². The van der Waals surface area contributed by atoms with Crippen LogP contribution < -0.4 is 0 Å². The van der Waals surface area contributed by atoms with E-state index in [1.807, 2.05) is 0 Å². The summed E-state index contributed by atoms with van der Waals surface area (Å²) < 4.78 is 12.9. The van der Waals surface area contributed by atoms with Gasteiger partial charge in [-0.1, -0.05) is 11.8 Å². The Morgan fingerprint density at radius 3 is 3.06 bits per heavy atom. The topological polar surface area (TPSA) is 66.0 Å². The summed E-state index contributed by atoms with van der Waals surface area (Å²) in [4.78, 5) is 18.5. The first-order valence-electron chi connectivity index (χ1n) is 4.80. The maximum atomic E-state index is 12.9. The van der Waals surface area contributed by atoms with Gasteiger partial charge in [-0.25, -0.2) is 9.37 Å². The van der Waals surface area contributed by atoms with Crippen molar-refractivity contribution in [3.63, 3.8) is 0 Å². The number of aromatic hydroxyl groups is 1. The molecule has 0 aliphatic heterocycles. The molecule has 0 atom stereocenters. The predicted molar refractivity (Wildman–Crippen MR) is 61.7 cm³/mol. The second-order valence-corrected chi connectivity index (χ2v) is 4.23. The standard InChI is InChI=1S/C11H9FN2O2S/c12-7-1-2-9(15)8(5-7)10(16)6-17-11-13-3-4-14-11/h1-5,15H,6H2,(H,13,14). The number of ketones is 1. The molecule has 6 heteroatoms. The Hall–Kier alpha value is -1.82. The molecule has 88 valence electrons. The first-order chi connectivity index (χ1) is 8.16. The average molecular weight is 252 g/mol. The van der Waals surface area contributed by atoms with E-state index >= 15 is 0 Å². The Labute approximate surface area is 101 Å². The molecule has 0 saturated heterocycles. The van der Waals surface area contributed by atoms with Crippen LogP contribution >= 0.6 is 11.8 Å². The van der Waals surface area contributed by atoms with Gasteiger partial charge in [0.2, 0.25) is 0 Å². The van der Waals surface area contributed by atoms with Crippen molar-refractivity contribution in [2.45, 2.75) is 5.16 Å². The van der Waals surface area contributed by atoms with Gasteiger partial charge in [0.25, 0.3) is 0 Å². The Kier molecular flexibility index (Phi) is 3.43. The second-order valence-electron chi connectivity index (χ2n) is 3.27.